The molecule has 5 rings (SSSR count). The molecule has 2 aromatic rings. The van der Waals surface area contributed by atoms with E-state index in [0.29, 0.717) is 5.41 Å². The van der Waals surface area contributed by atoms with Crippen LogP contribution in [0, 0.1) is 5.41 Å². The van der Waals surface area contributed by atoms with E-state index in [4.69, 9.17) is 4.98 Å². The Kier molecular flexibility index (Phi) is 4.78. The third kappa shape index (κ3) is 3.57. The number of likely N-dealkylation sites (tertiary alicyclic amines) is 1. The highest BCUT2D eigenvalue weighted by Crippen LogP contribution is 2.39. The van der Waals surface area contributed by atoms with E-state index >= 15 is 0 Å². The summed E-state index contributed by atoms with van der Waals surface area (Å²) in [4.78, 5) is 10.4. The standard InChI is InChI=1S/C23H32N4/c1-4-13-27(14-5-1)22-20(16-19-6-2-3-7-21(19)25-22)17-26-15-10-23(18-26)8-11-24-12-9-23/h2-3,6-7,16,24H,1,4-5,8-15,17-18H2. The molecule has 1 aromatic heterocycles. The molecule has 4 nitrogen and oxygen atoms in total. The lowest BCUT2D eigenvalue weighted by atomic mass is 9.78. The second kappa shape index (κ2) is 7.40. The fraction of sp³-hybridized carbons (Fsp3) is 0.609. The van der Waals surface area contributed by atoms with Crippen molar-refractivity contribution in [3.8, 4) is 0 Å². The zero-order valence-corrected chi connectivity index (χ0v) is 16.4. The summed E-state index contributed by atoms with van der Waals surface area (Å²) in [6.45, 7) is 8.28. The van der Waals surface area contributed by atoms with Crippen LogP contribution in [-0.4, -0.2) is 49.2 Å². The Morgan fingerprint density at radius 1 is 0.963 bits per heavy atom. The van der Waals surface area contributed by atoms with Crippen LogP contribution in [0.3, 0.4) is 0 Å². The summed E-state index contributed by atoms with van der Waals surface area (Å²) in [6, 6.07) is 11.0. The van der Waals surface area contributed by atoms with Gasteiger partial charge in [0.15, 0.2) is 0 Å². The average molecular weight is 365 g/mol. The fourth-order valence-electron chi connectivity index (χ4n) is 5.41. The molecule has 1 spiro atoms. The van der Waals surface area contributed by atoms with Crippen LogP contribution >= 0.6 is 0 Å². The first-order valence-corrected chi connectivity index (χ1v) is 10.9. The lowest BCUT2D eigenvalue weighted by molar-refractivity contribution is 0.194. The number of fused-ring (bicyclic) bond motifs is 1. The van der Waals surface area contributed by atoms with Crippen LogP contribution in [0.2, 0.25) is 0 Å². The summed E-state index contributed by atoms with van der Waals surface area (Å²) >= 11 is 0. The van der Waals surface area contributed by atoms with E-state index < -0.39 is 0 Å². The topological polar surface area (TPSA) is 31.4 Å². The van der Waals surface area contributed by atoms with Crippen LogP contribution in [0.15, 0.2) is 30.3 Å². The van der Waals surface area contributed by atoms with Crippen LogP contribution in [0.5, 0.6) is 0 Å². The number of piperidine rings is 2. The number of anilines is 1. The summed E-state index contributed by atoms with van der Waals surface area (Å²) < 4.78 is 0. The zero-order valence-electron chi connectivity index (χ0n) is 16.4. The Hall–Kier alpha value is -1.65. The lowest BCUT2D eigenvalue weighted by Gasteiger charge is -2.34. The van der Waals surface area contributed by atoms with E-state index in [1.54, 1.807) is 0 Å². The maximum Gasteiger partial charge on any atom is 0.133 e. The van der Waals surface area contributed by atoms with Crippen molar-refractivity contribution in [1.82, 2.24) is 15.2 Å². The van der Waals surface area contributed by atoms with Gasteiger partial charge >= 0.3 is 0 Å². The number of aromatic nitrogens is 1. The van der Waals surface area contributed by atoms with Gasteiger partial charge in [-0.1, -0.05) is 18.2 Å². The van der Waals surface area contributed by atoms with Crippen molar-refractivity contribution < 1.29 is 0 Å². The van der Waals surface area contributed by atoms with Gasteiger partial charge in [-0.15, -0.1) is 0 Å². The number of hydrogen-bond acceptors (Lipinski definition) is 4. The molecule has 144 valence electrons. The zero-order chi connectivity index (χ0) is 18.1. The number of rotatable bonds is 3. The monoisotopic (exact) mass is 364 g/mol. The summed E-state index contributed by atoms with van der Waals surface area (Å²) in [7, 11) is 0. The minimum atomic E-state index is 0.570. The molecule has 4 heteroatoms. The maximum atomic E-state index is 5.13. The summed E-state index contributed by atoms with van der Waals surface area (Å²) in [5.74, 6) is 1.25. The van der Waals surface area contributed by atoms with Crippen molar-refractivity contribution in [2.24, 2.45) is 5.41 Å². The molecule has 27 heavy (non-hydrogen) atoms. The molecule has 3 fully saturated rings. The van der Waals surface area contributed by atoms with Crippen LogP contribution in [-0.2, 0) is 6.54 Å². The molecular formula is C23H32N4. The minimum absolute atomic E-state index is 0.570. The minimum Gasteiger partial charge on any atom is -0.356 e. The van der Waals surface area contributed by atoms with Gasteiger partial charge in [0.05, 0.1) is 5.52 Å². The molecule has 0 amide bonds. The van der Waals surface area contributed by atoms with Crippen LogP contribution in [0.25, 0.3) is 10.9 Å². The highest BCUT2D eigenvalue weighted by atomic mass is 15.2. The first-order chi connectivity index (χ1) is 13.3. The van der Waals surface area contributed by atoms with E-state index in [-0.39, 0.29) is 0 Å². The molecule has 3 saturated heterocycles. The summed E-state index contributed by atoms with van der Waals surface area (Å²) in [5.41, 5.74) is 3.14. The molecule has 3 aliphatic rings. The molecule has 0 radical (unpaired) electrons. The average Bonchev–Trinajstić information content (AvgIpc) is 3.10. The van der Waals surface area contributed by atoms with Gasteiger partial charge in [0, 0.05) is 37.1 Å². The Morgan fingerprint density at radius 3 is 2.63 bits per heavy atom. The highest BCUT2D eigenvalue weighted by Gasteiger charge is 2.38. The van der Waals surface area contributed by atoms with Gasteiger partial charge in [-0.2, -0.15) is 0 Å². The lowest BCUT2D eigenvalue weighted by Crippen LogP contribution is -2.38. The SMILES string of the molecule is c1ccc2nc(N3CCCCC3)c(CN3CCC4(CCNCC4)C3)cc2c1. The number of para-hydroxylation sites is 1. The fourth-order valence-corrected chi connectivity index (χ4v) is 5.41. The van der Waals surface area contributed by atoms with Gasteiger partial charge in [0.25, 0.3) is 0 Å². The Morgan fingerprint density at radius 2 is 1.78 bits per heavy atom. The molecule has 0 unspecified atom stereocenters. The first kappa shape index (κ1) is 17.4. The number of pyridine rings is 1. The van der Waals surface area contributed by atoms with Crippen molar-refractivity contribution in [3.63, 3.8) is 0 Å². The number of nitrogens with zero attached hydrogens (tertiary/aromatic N) is 3. The smallest absolute Gasteiger partial charge is 0.133 e. The summed E-state index contributed by atoms with van der Waals surface area (Å²) in [6.07, 6.45) is 8.02. The molecular weight excluding hydrogens is 332 g/mol. The van der Waals surface area contributed by atoms with Crippen molar-refractivity contribution in [1.29, 1.82) is 0 Å². The van der Waals surface area contributed by atoms with E-state index in [0.717, 1.165) is 25.2 Å². The summed E-state index contributed by atoms with van der Waals surface area (Å²) in [5, 5.41) is 4.82. The molecule has 4 heterocycles. The first-order valence-electron chi connectivity index (χ1n) is 10.9. The Balaban J connectivity index is 1.42. The van der Waals surface area contributed by atoms with Crippen LogP contribution in [0.1, 0.15) is 44.1 Å². The largest absolute Gasteiger partial charge is 0.356 e. The third-order valence-corrected chi connectivity index (χ3v) is 7.01. The van der Waals surface area contributed by atoms with Crippen molar-refractivity contribution in [2.45, 2.75) is 45.1 Å². The van der Waals surface area contributed by atoms with E-state index in [1.807, 2.05) is 0 Å². The molecule has 0 bridgehead atoms. The number of hydrogen-bond donors (Lipinski definition) is 1. The molecule has 0 saturated carbocycles. The molecule has 1 aromatic carbocycles. The quantitative estimate of drug-likeness (QED) is 0.898. The van der Waals surface area contributed by atoms with Crippen molar-refractivity contribution in [2.75, 3.05) is 44.2 Å². The third-order valence-electron chi connectivity index (χ3n) is 7.01. The molecule has 1 N–H and O–H groups in total. The van der Waals surface area contributed by atoms with Gasteiger partial charge in [-0.05, 0) is 75.7 Å². The number of nitrogens with one attached hydrogen (secondary N) is 1. The van der Waals surface area contributed by atoms with Gasteiger partial charge in [0.1, 0.15) is 5.82 Å². The van der Waals surface area contributed by atoms with Crippen molar-refractivity contribution in [3.05, 3.63) is 35.9 Å². The van der Waals surface area contributed by atoms with Gasteiger partial charge < -0.3 is 10.2 Å². The van der Waals surface area contributed by atoms with E-state index in [2.05, 4.69) is 45.4 Å². The maximum absolute atomic E-state index is 5.13. The predicted molar refractivity (Wildman–Crippen MR) is 112 cm³/mol. The second-order valence-corrected chi connectivity index (χ2v) is 8.92. The highest BCUT2D eigenvalue weighted by molar-refractivity contribution is 5.81. The van der Waals surface area contributed by atoms with Crippen LogP contribution < -0.4 is 10.2 Å². The van der Waals surface area contributed by atoms with Gasteiger partial charge in [-0.3, -0.25) is 4.90 Å². The molecule has 3 aliphatic heterocycles. The second-order valence-electron chi connectivity index (χ2n) is 8.92. The van der Waals surface area contributed by atoms with E-state index in [9.17, 15) is 0 Å². The van der Waals surface area contributed by atoms with E-state index in [1.165, 1.54) is 81.5 Å². The van der Waals surface area contributed by atoms with Crippen LogP contribution in [0.4, 0.5) is 5.82 Å². The van der Waals surface area contributed by atoms with Gasteiger partial charge in [0.2, 0.25) is 0 Å². The van der Waals surface area contributed by atoms with Gasteiger partial charge in [-0.25, -0.2) is 4.98 Å². The molecule has 0 aliphatic carbocycles. The Bertz CT molecular complexity index is 790. The normalized spacial score (nSPS) is 23.3. The molecule has 0 atom stereocenters. The predicted octanol–water partition coefficient (Wildman–Crippen LogP) is 3.80. The Labute approximate surface area is 162 Å². The number of benzene rings is 1. The van der Waals surface area contributed by atoms with Crippen molar-refractivity contribution >= 4 is 16.7 Å².